The van der Waals surface area contributed by atoms with E-state index >= 15 is 0 Å². The highest BCUT2D eigenvalue weighted by molar-refractivity contribution is 9.10. The molecule has 1 aliphatic rings. The van der Waals surface area contributed by atoms with Crippen molar-refractivity contribution in [3.05, 3.63) is 58.1 Å². The maximum absolute atomic E-state index is 13.1. The molecule has 0 fully saturated rings. The number of ketones is 1. The Hall–Kier alpha value is -2.18. The molecule has 0 saturated heterocycles. The molecule has 0 bridgehead atoms. The quantitative estimate of drug-likeness (QED) is 0.670. The number of methoxy groups -OCH3 is 1. The predicted molar refractivity (Wildman–Crippen MR) is 107 cm³/mol. The summed E-state index contributed by atoms with van der Waals surface area (Å²) in [6.45, 7) is 2.56. The molecule has 1 aliphatic heterocycles. The van der Waals surface area contributed by atoms with Crippen LogP contribution in [0.5, 0.6) is 5.75 Å². The second-order valence-corrected chi connectivity index (χ2v) is 7.58. The van der Waals surface area contributed by atoms with Crippen LogP contribution in [0.15, 0.2) is 46.9 Å². The Kier molecular flexibility index (Phi) is 5.67. The van der Waals surface area contributed by atoms with Gasteiger partial charge in [0, 0.05) is 22.1 Å². The van der Waals surface area contributed by atoms with Gasteiger partial charge in [-0.15, -0.1) is 0 Å². The molecule has 1 amide bonds. The van der Waals surface area contributed by atoms with Crippen molar-refractivity contribution in [2.24, 2.45) is 0 Å². The van der Waals surface area contributed by atoms with Gasteiger partial charge in [-0.1, -0.05) is 41.4 Å². The summed E-state index contributed by atoms with van der Waals surface area (Å²) in [5, 5.41) is 11.3. The summed E-state index contributed by atoms with van der Waals surface area (Å²) in [6.07, 6.45) is 1.43. The van der Waals surface area contributed by atoms with Gasteiger partial charge in [-0.2, -0.15) is 0 Å². The average Bonchev–Trinajstić information content (AvgIpc) is 2.87. The van der Waals surface area contributed by atoms with Crippen LogP contribution in [0.4, 0.5) is 5.69 Å². The first-order valence-corrected chi connectivity index (χ1v) is 9.71. The molecule has 0 aliphatic carbocycles. The molecule has 142 valence electrons. The molecular formula is C21H22BrNO4. The fraction of sp³-hybridized carbons (Fsp3) is 0.333. The van der Waals surface area contributed by atoms with Crippen LogP contribution in [-0.4, -0.2) is 30.5 Å². The molecule has 0 radical (unpaired) electrons. The van der Waals surface area contributed by atoms with Crippen LogP contribution in [0.1, 0.15) is 42.1 Å². The molecular weight excluding hydrogens is 410 g/mol. The smallest absolute Gasteiger partial charge is 0.264 e. The highest BCUT2D eigenvalue weighted by atomic mass is 79.9. The minimum absolute atomic E-state index is 0.312. The Morgan fingerprint density at radius 2 is 2.04 bits per heavy atom. The van der Waals surface area contributed by atoms with E-state index in [0.29, 0.717) is 29.1 Å². The average molecular weight is 432 g/mol. The minimum atomic E-state index is -1.87. The third-order valence-corrected chi connectivity index (χ3v) is 5.33. The zero-order chi connectivity index (χ0) is 19.6. The van der Waals surface area contributed by atoms with Crippen molar-refractivity contribution in [2.45, 2.75) is 31.8 Å². The van der Waals surface area contributed by atoms with E-state index in [4.69, 9.17) is 4.74 Å². The summed E-state index contributed by atoms with van der Waals surface area (Å²) in [4.78, 5) is 27.5. The van der Waals surface area contributed by atoms with Crippen molar-refractivity contribution in [2.75, 3.05) is 18.6 Å². The van der Waals surface area contributed by atoms with Gasteiger partial charge in [0.25, 0.3) is 5.91 Å². The number of benzene rings is 2. The van der Waals surface area contributed by atoms with Crippen LogP contribution in [0, 0.1) is 0 Å². The van der Waals surface area contributed by atoms with Gasteiger partial charge in [0.05, 0.1) is 19.2 Å². The number of amides is 1. The van der Waals surface area contributed by atoms with E-state index in [9.17, 15) is 14.7 Å². The van der Waals surface area contributed by atoms with Crippen molar-refractivity contribution in [1.82, 2.24) is 0 Å². The number of Topliss-reactive ketones (excluding diaryl/α,β-unsaturated/α-hetero) is 1. The number of carbonyl (C=O) groups excluding carboxylic acids is 2. The molecule has 0 aromatic heterocycles. The van der Waals surface area contributed by atoms with Gasteiger partial charge < -0.3 is 14.7 Å². The van der Waals surface area contributed by atoms with Crippen LogP contribution in [-0.2, 0) is 10.4 Å². The van der Waals surface area contributed by atoms with Crippen LogP contribution < -0.4 is 9.64 Å². The van der Waals surface area contributed by atoms with Crippen molar-refractivity contribution in [1.29, 1.82) is 0 Å². The highest BCUT2D eigenvalue weighted by Gasteiger charge is 2.50. The summed E-state index contributed by atoms with van der Waals surface area (Å²) < 4.78 is 5.91. The highest BCUT2D eigenvalue weighted by Crippen LogP contribution is 2.44. The Bertz CT molecular complexity index is 882. The molecule has 0 saturated carbocycles. The minimum Gasteiger partial charge on any atom is -0.497 e. The Morgan fingerprint density at radius 1 is 1.26 bits per heavy atom. The van der Waals surface area contributed by atoms with Gasteiger partial charge in [0.1, 0.15) is 5.75 Å². The monoisotopic (exact) mass is 431 g/mol. The number of hydrogen-bond acceptors (Lipinski definition) is 4. The van der Waals surface area contributed by atoms with Crippen LogP contribution >= 0.6 is 15.9 Å². The summed E-state index contributed by atoms with van der Waals surface area (Å²) in [5.41, 5.74) is -0.335. The summed E-state index contributed by atoms with van der Waals surface area (Å²) in [5.74, 6) is -0.202. The number of aliphatic hydroxyl groups is 1. The Balaban J connectivity index is 1.96. The number of unbranched alkanes of at least 4 members (excludes halogenated alkanes) is 1. The first kappa shape index (κ1) is 19.6. The molecule has 2 aromatic rings. The topological polar surface area (TPSA) is 66.8 Å². The maximum atomic E-state index is 13.1. The van der Waals surface area contributed by atoms with E-state index in [2.05, 4.69) is 15.9 Å². The molecule has 5 nitrogen and oxygen atoms in total. The number of nitrogens with zero attached hydrogens (tertiary/aromatic N) is 1. The third kappa shape index (κ3) is 3.64. The van der Waals surface area contributed by atoms with E-state index in [0.717, 1.165) is 17.3 Å². The van der Waals surface area contributed by atoms with E-state index in [1.165, 1.54) is 7.11 Å². The van der Waals surface area contributed by atoms with Crippen LogP contribution in [0.25, 0.3) is 0 Å². The molecule has 1 atom stereocenters. The number of hydrogen-bond donors (Lipinski definition) is 1. The fourth-order valence-electron chi connectivity index (χ4n) is 3.36. The lowest BCUT2D eigenvalue weighted by Crippen LogP contribution is -2.42. The number of halogens is 1. The number of ether oxygens (including phenoxy) is 1. The van der Waals surface area contributed by atoms with Crippen molar-refractivity contribution in [3.63, 3.8) is 0 Å². The van der Waals surface area contributed by atoms with E-state index in [1.54, 1.807) is 41.3 Å². The molecule has 6 heteroatoms. The van der Waals surface area contributed by atoms with Crippen molar-refractivity contribution < 1.29 is 19.4 Å². The fourth-order valence-corrected chi connectivity index (χ4v) is 3.72. The summed E-state index contributed by atoms with van der Waals surface area (Å²) in [6, 6.07) is 12.1. The SMILES string of the molecule is CCCCN1C(=O)[C@@](O)(CC(=O)c2cccc(OC)c2)c2cc(Br)ccc21. The lowest BCUT2D eigenvalue weighted by molar-refractivity contribution is -0.135. The second-order valence-electron chi connectivity index (χ2n) is 6.66. The number of fused-ring (bicyclic) bond motifs is 1. The zero-order valence-electron chi connectivity index (χ0n) is 15.4. The van der Waals surface area contributed by atoms with E-state index in [-0.39, 0.29) is 12.2 Å². The lowest BCUT2D eigenvalue weighted by Gasteiger charge is -2.22. The molecule has 27 heavy (non-hydrogen) atoms. The van der Waals surface area contributed by atoms with Gasteiger partial charge in [-0.25, -0.2) is 0 Å². The van der Waals surface area contributed by atoms with Gasteiger partial charge >= 0.3 is 0 Å². The molecule has 0 unspecified atom stereocenters. The first-order valence-electron chi connectivity index (χ1n) is 8.92. The van der Waals surface area contributed by atoms with E-state index in [1.807, 2.05) is 13.0 Å². The van der Waals surface area contributed by atoms with Gasteiger partial charge in [-0.3, -0.25) is 9.59 Å². The normalized spacial score (nSPS) is 18.5. The summed E-state index contributed by atoms with van der Waals surface area (Å²) >= 11 is 3.40. The van der Waals surface area contributed by atoms with Crippen LogP contribution in [0.3, 0.4) is 0 Å². The second kappa shape index (κ2) is 7.82. The molecule has 2 aromatic carbocycles. The molecule has 3 rings (SSSR count). The lowest BCUT2D eigenvalue weighted by atomic mass is 9.88. The van der Waals surface area contributed by atoms with Gasteiger partial charge in [0.15, 0.2) is 11.4 Å². The molecule has 1 heterocycles. The van der Waals surface area contributed by atoms with E-state index < -0.39 is 11.5 Å². The number of anilines is 1. The zero-order valence-corrected chi connectivity index (χ0v) is 17.0. The summed E-state index contributed by atoms with van der Waals surface area (Å²) in [7, 11) is 1.52. The molecule has 0 spiro atoms. The number of carbonyl (C=O) groups is 2. The molecule has 1 N–H and O–H groups in total. The maximum Gasteiger partial charge on any atom is 0.264 e. The number of rotatable bonds is 7. The Morgan fingerprint density at radius 3 is 2.74 bits per heavy atom. The largest absolute Gasteiger partial charge is 0.497 e. The van der Waals surface area contributed by atoms with Crippen LogP contribution in [0.2, 0.25) is 0 Å². The third-order valence-electron chi connectivity index (χ3n) is 4.84. The van der Waals surface area contributed by atoms with Gasteiger partial charge in [-0.05, 0) is 36.8 Å². The van der Waals surface area contributed by atoms with Gasteiger partial charge in [0.2, 0.25) is 0 Å². The first-order chi connectivity index (χ1) is 12.9. The Labute approximate surface area is 167 Å². The standard InChI is InChI=1S/C21H22BrNO4/c1-3-4-10-23-18-9-8-15(22)12-17(18)21(26,20(23)25)13-19(24)14-6-5-7-16(11-14)27-2/h5-9,11-12,26H,3-4,10,13H2,1-2H3/t21-/m1/s1. The predicted octanol–water partition coefficient (Wildman–Crippen LogP) is 4.07. The van der Waals surface area contributed by atoms with Crippen molar-refractivity contribution in [3.8, 4) is 5.75 Å². The van der Waals surface area contributed by atoms with Crippen molar-refractivity contribution >= 4 is 33.3 Å².